The molecule has 4 aromatic rings. The summed E-state index contributed by atoms with van der Waals surface area (Å²) in [7, 11) is 0. The van der Waals surface area contributed by atoms with Crippen LogP contribution in [0.1, 0.15) is 52.9 Å². The molecule has 0 spiro atoms. The molecule has 16 nitrogen and oxygen atoms in total. The van der Waals surface area contributed by atoms with Gasteiger partial charge in [-0.2, -0.15) is 0 Å². The van der Waals surface area contributed by atoms with E-state index >= 15 is 0 Å². The van der Waals surface area contributed by atoms with E-state index in [1.54, 1.807) is 0 Å². The number of aliphatic hydroxyl groups excluding tert-OH is 4. The Hall–Kier alpha value is -5.36. The van der Waals surface area contributed by atoms with E-state index in [4.69, 9.17) is 18.9 Å². The van der Waals surface area contributed by atoms with Crippen molar-refractivity contribution >= 4 is 0 Å². The lowest BCUT2D eigenvalue weighted by molar-refractivity contribution is -0.312. The minimum absolute atomic E-state index is 0.0181. The first-order valence-electron chi connectivity index (χ1n) is 16.2. The molecule has 3 heterocycles. The Balaban J connectivity index is 1.46. The summed E-state index contributed by atoms with van der Waals surface area (Å²) in [6.07, 6.45) is -13.6. The third-order valence-electron chi connectivity index (χ3n) is 9.75. The largest absolute Gasteiger partial charge is 0.508 e. The molecule has 1 saturated heterocycles. The first-order chi connectivity index (χ1) is 24.6. The molecule has 3 aliphatic heterocycles. The van der Waals surface area contributed by atoms with E-state index in [0.717, 1.165) is 36.4 Å². The molecule has 0 saturated carbocycles. The highest BCUT2D eigenvalue weighted by molar-refractivity contribution is 5.66. The Labute approximate surface area is 294 Å². The number of phenols is 8. The van der Waals surface area contributed by atoms with Gasteiger partial charge in [-0.1, -0.05) is 12.1 Å². The van der Waals surface area contributed by atoms with Gasteiger partial charge in [0.1, 0.15) is 65.0 Å². The molecular formula is C36H36O16. The zero-order valence-electron chi connectivity index (χ0n) is 27.2. The molecular weight excluding hydrogens is 688 g/mol. The van der Waals surface area contributed by atoms with Crippen molar-refractivity contribution in [3.63, 3.8) is 0 Å². The van der Waals surface area contributed by atoms with Crippen LogP contribution in [0.5, 0.6) is 57.5 Å². The molecule has 10 atom stereocenters. The fourth-order valence-electron chi connectivity index (χ4n) is 7.12. The van der Waals surface area contributed by atoms with Crippen LogP contribution in [0.4, 0.5) is 0 Å². The molecule has 0 aromatic heterocycles. The Morgan fingerprint density at radius 3 is 1.85 bits per heavy atom. The average molecular weight is 725 g/mol. The van der Waals surface area contributed by atoms with Crippen LogP contribution >= 0.6 is 0 Å². The molecule has 0 bridgehead atoms. The molecule has 1 fully saturated rings. The number of phenolic OH excluding ortho intramolecular Hbond substituents is 8. The van der Waals surface area contributed by atoms with Gasteiger partial charge in [-0.05, 0) is 42.3 Å². The van der Waals surface area contributed by atoms with Crippen molar-refractivity contribution in [2.24, 2.45) is 0 Å². The lowest BCUT2D eigenvalue weighted by Crippen LogP contribution is -2.58. The topological polar surface area (TPSA) is 280 Å². The van der Waals surface area contributed by atoms with Gasteiger partial charge in [-0.15, -0.1) is 0 Å². The van der Waals surface area contributed by atoms with E-state index in [1.165, 1.54) is 25.1 Å². The molecule has 4 aromatic carbocycles. The number of fused-ring (bicyclic) bond motifs is 2. The molecule has 276 valence electrons. The summed E-state index contributed by atoms with van der Waals surface area (Å²) in [6, 6.07) is 10.5. The van der Waals surface area contributed by atoms with Crippen LogP contribution in [-0.4, -0.2) is 104 Å². The summed E-state index contributed by atoms with van der Waals surface area (Å²) in [5.74, 6) is -5.86. The normalized spacial score (nSPS) is 29.7. The summed E-state index contributed by atoms with van der Waals surface area (Å²) in [6.45, 7) is 1.42. The maximum atomic E-state index is 11.7. The molecule has 52 heavy (non-hydrogen) atoms. The van der Waals surface area contributed by atoms with E-state index in [0.29, 0.717) is 0 Å². The number of aromatic hydroxyl groups is 8. The zero-order valence-corrected chi connectivity index (χ0v) is 27.2. The number of hydrogen-bond acceptors (Lipinski definition) is 16. The fraction of sp³-hybridized carbons (Fsp3) is 0.333. The van der Waals surface area contributed by atoms with E-state index in [-0.39, 0.29) is 45.7 Å². The molecule has 12 N–H and O–H groups in total. The number of benzene rings is 4. The maximum Gasteiger partial charge on any atom is 0.187 e. The van der Waals surface area contributed by atoms with Gasteiger partial charge in [0.25, 0.3) is 0 Å². The van der Waals surface area contributed by atoms with Crippen molar-refractivity contribution in [1.29, 1.82) is 0 Å². The molecule has 0 aliphatic carbocycles. The van der Waals surface area contributed by atoms with Gasteiger partial charge in [0.05, 0.1) is 18.1 Å². The van der Waals surface area contributed by atoms with Gasteiger partial charge in [0.15, 0.2) is 35.4 Å². The smallest absolute Gasteiger partial charge is 0.187 e. The second-order valence-electron chi connectivity index (χ2n) is 13.1. The Morgan fingerprint density at radius 1 is 0.596 bits per heavy atom. The fourth-order valence-corrected chi connectivity index (χ4v) is 7.12. The molecule has 0 radical (unpaired) electrons. The highest BCUT2D eigenvalue weighted by Crippen LogP contribution is 2.58. The first kappa shape index (κ1) is 35.1. The summed E-state index contributed by atoms with van der Waals surface area (Å²) < 4.78 is 24.8. The van der Waals surface area contributed by atoms with Crippen LogP contribution in [0.25, 0.3) is 0 Å². The lowest BCUT2D eigenvalue weighted by atomic mass is 9.77. The third kappa shape index (κ3) is 5.84. The van der Waals surface area contributed by atoms with E-state index in [1.807, 2.05) is 0 Å². The molecule has 16 heteroatoms. The summed E-state index contributed by atoms with van der Waals surface area (Å²) >= 11 is 0. The van der Waals surface area contributed by atoms with E-state index in [9.17, 15) is 61.3 Å². The van der Waals surface area contributed by atoms with Gasteiger partial charge >= 0.3 is 0 Å². The van der Waals surface area contributed by atoms with Crippen LogP contribution < -0.4 is 9.47 Å². The number of hydrogen-bond donors (Lipinski definition) is 12. The highest BCUT2D eigenvalue weighted by Gasteiger charge is 2.51. The van der Waals surface area contributed by atoms with Crippen LogP contribution in [0.3, 0.4) is 0 Å². The van der Waals surface area contributed by atoms with Gasteiger partial charge in [-0.3, -0.25) is 0 Å². The molecule has 3 aliphatic rings. The second-order valence-corrected chi connectivity index (χ2v) is 13.1. The van der Waals surface area contributed by atoms with Crippen LogP contribution in [0, 0.1) is 0 Å². The van der Waals surface area contributed by atoms with E-state index < -0.39 is 107 Å². The van der Waals surface area contributed by atoms with Crippen molar-refractivity contribution in [2.75, 3.05) is 0 Å². The lowest BCUT2D eigenvalue weighted by Gasteiger charge is -2.45. The summed E-state index contributed by atoms with van der Waals surface area (Å²) in [4.78, 5) is 0. The molecule has 0 unspecified atom stereocenters. The van der Waals surface area contributed by atoms with Crippen LogP contribution in [0.15, 0.2) is 54.6 Å². The van der Waals surface area contributed by atoms with Crippen molar-refractivity contribution in [3.8, 4) is 57.5 Å². The Morgan fingerprint density at radius 2 is 1.21 bits per heavy atom. The monoisotopic (exact) mass is 724 g/mol. The minimum Gasteiger partial charge on any atom is -0.508 e. The first-order valence-corrected chi connectivity index (χ1v) is 16.2. The summed E-state index contributed by atoms with van der Waals surface area (Å²) in [5.41, 5.74) is 0.101. The zero-order chi connectivity index (χ0) is 37.3. The standard InChI is InChI=1S/C36H36O16/c1-12-29(46)30(47)31(48)36(49-12)52-35-28(26-22(43)8-15(37)9-25(26)50-33(35)14-3-5-18(39)21(42)7-14)27-23(44)11-19(40)16-10-24(45)32(51-34(16)27)13-2-4-17(38)20(41)6-13/h2-9,11-12,24,28-33,35-48H,10H2,1H3/t12-,24+,28+,29+,30-,31+,32+,33-,35+,36+/m1/s1. The predicted molar refractivity (Wildman–Crippen MR) is 175 cm³/mol. The van der Waals surface area contributed by atoms with Crippen molar-refractivity contribution in [2.45, 2.75) is 74.4 Å². The van der Waals surface area contributed by atoms with E-state index in [2.05, 4.69) is 0 Å². The van der Waals surface area contributed by atoms with Crippen molar-refractivity contribution in [3.05, 3.63) is 82.4 Å². The van der Waals surface area contributed by atoms with Gasteiger partial charge in [0, 0.05) is 41.3 Å². The highest BCUT2D eigenvalue weighted by atomic mass is 16.7. The van der Waals surface area contributed by atoms with Crippen LogP contribution in [0.2, 0.25) is 0 Å². The average Bonchev–Trinajstić information content (AvgIpc) is 3.09. The number of ether oxygens (including phenoxy) is 4. The predicted octanol–water partition coefficient (Wildman–Crippen LogP) is 1.85. The quantitative estimate of drug-likeness (QED) is 0.131. The minimum atomic E-state index is -1.85. The second kappa shape index (κ2) is 13.0. The summed E-state index contributed by atoms with van der Waals surface area (Å²) in [5, 5.41) is 128. The number of aliphatic hydroxyl groups is 4. The Bertz CT molecular complexity index is 2020. The van der Waals surface area contributed by atoms with Gasteiger partial charge in [0.2, 0.25) is 0 Å². The van der Waals surface area contributed by atoms with Crippen LogP contribution in [-0.2, 0) is 15.9 Å². The van der Waals surface area contributed by atoms with Crippen molar-refractivity contribution in [1.82, 2.24) is 0 Å². The third-order valence-corrected chi connectivity index (χ3v) is 9.75. The van der Waals surface area contributed by atoms with Gasteiger partial charge in [-0.25, -0.2) is 0 Å². The number of rotatable bonds is 5. The Kier molecular flexibility index (Phi) is 8.77. The maximum absolute atomic E-state index is 11.7. The van der Waals surface area contributed by atoms with Crippen molar-refractivity contribution < 1.29 is 80.2 Å². The molecule has 0 amide bonds. The molecule has 7 rings (SSSR count). The SMILES string of the molecule is C[C@H]1O[C@@H](O[C@H]2[C@H](c3c(O)cc(O)c4c3O[C@@H](c3ccc(O)c(O)c3)[C@@H](O)C4)c3c(O)cc(O)cc3O[C@@H]2c2ccc(O)c(O)c2)[C@@H](O)[C@H](O)[C@H]1O. The van der Waals surface area contributed by atoms with Gasteiger partial charge < -0.3 is 80.2 Å².